The Hall–Kier alpha value is -1.71. The van der Waals surface area contributed by atoms with Crippen molar-refractivity contribution in [2.75, 3.05) is 10.6 Å². The molecule has 26 heavy (non-hydrogen) atoms. The van der Waals surface area contributed by atoms with E-state index in [0.29, 0.717) is 0 Å². The largest absolute Gasteiger partial charge is 0.416 e. The second-order valence-corrected chi connectivity index (χ2v) is 6.19. The van der Waals surface area contributed by atoms with Gasteiger partial charge in [0, 0.05) is 0 Å². The summed E-state index contributed by atoms with van der Waals surface area (Å²) in [6.45, 7) is 0. The summed E-state index contributed by atoms with van der Waals surface area (Å²) in [6, 6.07) is 5.21. The Morgan fingerprint density at radius 2 is 1.08 bits per heavy atom. The van der Waals surface area contributed by atoms with E-state index in [1.807, 2.05) is 0 Å². The topological polar surface area (TPSA) is 24.1 Å². The molecule has 0 amide bonds. The molecule has 0 bridgehead atoms. The standard InChI is InChI=1S/C15H8Cl2F6N2S/c16-9-5-7(14(18,19)20)1-3-11(9)24-13(26)25-12-4-2-8(6-10(12)17)15(21,22)23/h1-6H,(H2,24,25,26). The highest BCUT2D eigenvalue weighted by molar-refractivity contribution is 7.80. The summed E-state index contributed by atoms with van der Waals surface area (Å²) < 4.78 is 75.6. The number of alkyl halides is 6. The highest BCUT2D eigenvalue weighted by atomic mass is 35.5. The third kappa shape index (κ3) is 5.15. The van der Waals surface area contributed by atoms with E-state index in [-0.39, 0.29) is 26.5 Å². The lowest BCUT2D eigenvalue weighted by molar-refractivity contribution is -0.138. The molecule has 2 aromatic rings. The first-order chi connectivity index (χ1) is 11.9. The van der Waals surface area contributed by atoms with Crippen molar-refractivity contribution in [1.29, 1.82) is 0 Å². The molecule has 2 nitrogen and oxygen atoms in total. The van der Waals surface area contributed by atoms with E-state index in [1.54, 1.807) is 0 Å². The maximum atomic E-state index is 12.6. The molecule has 0 radical (unpaired) electrons. The maximum absolute atomic E-state index is 12.6. The van der Waals surface area contributed by atoms with Crippen molar-refractivity contribution in [3.05, 3.63) is 57.6 Å². The predicted molar refractivity (Wildman–Crippen MR) is 92.8 cm³/mol. The van der Waals surface area contributed by atoms with Crippen molar-refractivity contribution < 1.29 is 26.3 Å². The number of thiocarbonyl (C=S) groups is 1. The summed E-state index contributed by atoms with van der Waals surface area (Å²) >= 11 is 16.5. The molecule has 11 heteroatoms. The number of anilines is 2. The van der Waals surface area contributed by atoms with Crippen LogP contribution in [0.2, 0.25) is 10.0 Å². The van der Waals surface area contributed by atoms with Crippen LogP contribution in [0.5, 0.6) is 0 Å². The van der Waals surface area contributed by atoms with E-state index >= 15 is 0 Å². The average molecular weight is 433 g/mol. The molecule has 2 N–H and O–H groups in total. The molecule has 0 atom stereocenters. The number of hydrogen-bond donors (Lipinski definition) is 2. The Bertz CT molecular complexity index is 768. The minimum Gasteiger partial charge on any atom is -0.331 e. The van der Waals surface area contributed by atoms with Crippen molar-refractivity contribution in [2.45, 2.75) is 12.4 Å². The van der Waals surface area contributed by atoms with Crippen LogP contribution in [0.4, 0.5) is 37.7 Å². The minimum absolute atomic E-state index is 0.0835. The Balaban J connectivity index is 2.12. The second kappa shape index (κ2) is 7.50. The van der Waals surface area contributed by atoms with Gasteiger partial charge in [-0.25, -0.2) is 0 Å². The molecule has 0 spiro atoms. The van der Waals surface area contributed by atoms with Gasteiger partial charge in [-0.1, -0.05) is 23.2 Å². The zero-order valence-corrected chi connectivity index (χ0v) is 14.7. The molecule has 0 aliphatic heterocycles. The molecule has 0 aliphatic rings. The van der Waals surface area contributed by atoms with Crippen molar-refractivity contribution in [3.63, 3.8) is 0 Å². The molecule has 140 valence electrons. The number of benzene rings is 2. The van der Waals surface area contributed by atoms with Gasteiger partial charge >= 0.3 is 12.4 Å². The van der Waals surface area contributed by atoms with E-state index in [9.17, 15) is 26.3 Å². The fourth-order valence-electron chi connectivity index (χ4n) is 1.86. The summed E-state index contributed by atoms with van der Waals surface area (Å²) in [6.07, 6.45) is -9.09. The van der Waals surface area contributed by atoms with Gasteiger partial charge < -0.3 is 10.6 Å². The minimum atomic E-state index is -4.55. The van der Waals surface area contributed by atoms with Crippen LogP contribution >= 0.6 is 35.4 Å². The van der Waals surface area contributed by atoms with Gasteiger partial charge in [0.25, 0.3) is 0 Å². The monoisotopic (exact) mass is 432 g/mol. The van der Waals surface area contributed by atoms with Crippen molar-refractivity contribution in [3.8, 4) is 0 Å². The SMILES string of the molecule is FC(F)(F)c1ccc(NC(=S)Nc2ccc(C(F)(F)F)cc2Cl)c(Cl)c1. The lowest BCUT2D eigenvalue weighted by Crippen LogP contribution is -2.20. The van der Waals surface area contributed by atoms with Crippen molar-refractivity contribution >= 4 is 51.9 Å². The zero-order valence-electron chi connectivity index (χ0n) is 12.4. The van der Waals surface area contributed by atoms with E-state index in [1.165, 1.54) is 0 Å². The van der Waals surface area contributed by atoms with Gasteiger partial charge in [-0.05, 0) is 48.6 Å². The molecule has 0 saturated carbocycles. The molecule has 0 aliphatic carbocycles. The Morgan fingerprint density at radius 1 is 0.731 bits per heavy atom. The average Bonchev–Trinajstić information content (AvgIpc) is 2.49. The van der Waals surface area contributed by atoms with Crippen LogP contribution in [0.3, 0.4) is 0 Å². The van der Waals surface area contributed by atoms with Crippen LogP contribution in [0.15, 0.2) is 36.4 Å². The first kappa shape index (κ1) is 20.6. The van der Waals surface area contributed by atoms with E-state index in [0.717, 1.165) is 36.4 Å². The van der Waals surface area contributed by atoms with Gasteiger partial charge in [0.05, 0.1) is 32.5 Å². The Kier molecular flexibility index (Phi) is 5.94. The fourth-order valence-corrected chi connectivity index (χ4v) is 2.54. The van der Waals surface area contributed by atoms with Crippen molar-refractivity contribution in [2.24, 2.45) is 0 Å². The lowest BCUT2D eigenvalue weighted by atomic mass is 10.2. The number of hydrogen-bond acceptors (Lipinski definition) is 1. The van der Waals surface area contributed by atoms with Gasteiger partial charge in [0.1, 0.15) is 0 Å². The molecule has 0 unspecified atom stereocenters. The number of rotatable bonds is 2. The quantitative estimate of drug-likeness (QED) is 0.401. The summed E-state index contributed by atoms with van der Waals surface area (Å²) in [7, 11) is 0. The highest BCUT2D eigenvalue weighted by Gasteiger charge is 2.31. The third-order valence-electron chi connectivity index (χ3n) is 3.09. The molecule has 0 aromatic heterocycles. The van der Waals surface area contributed by atoms with Gasteiger partial charge in [-0.3, -0.25) is 0 Å². The number of halogens is 8. The van der Waals surface area contributed by atoms with Crippen molar-refractivity contribution in [1.82, 2.24) is 0 Å². The zero-order chi connectivity index (χ0) is 19.7. The lowest BCUT2D eigenvalue weighted by Gasteiger charge is -2.15. The third-order valence-corrected chi connectivity index (χ3v) is 3.92. The predicted octanol–water partition coefficient (Wildman–Crippen LogP) is 6.84. The molecular weight excluding hydrogens is 425 g/mol. The van der Waals surface area contributed by atoms with E-state index in [2.05, 4.69) is 10.6 Å². The summed E-state index contributed by atoms with van der Waals surface area (Å²) in [5.74, 6) is 0. The summed E-state index contributed by atoms with van der Waals surface area (Å²) in [5.41, 5.74) is -1.70. The van der Waals surface area contributed by atoms with Crippen LogP contribution in [0.1, 0.15) is 11.1 Å². The van der Waals surface area contributed by atoms with E-state index < -0.39 is 23.5 Å². The summed E-state index contributed by atoms with van der Waals surface area (Å²) in [4.78, 5) is 0. The van der Waals surface area contributed by atoms with E-state index in [4.69, 9.17) is 35.4 Å². The van der Waals surface area contributed by atoms with Gasteiger partial charge in [-0.15, -0.1) is 0 Å². The molecule has 0 fully saturated rings. The second-order valence-electron chi connectivity index (χ2n) is 4.96. The molecular formula is C15H8Cl2F6N2S. The highest BCUT2D eigenvalue weighted by Crippen LogP contribution is 2.35. The van der Waals surface area contributed by atoms with Crippen LogP contribution < -0.4 is 10.6 Å². The first-order valence-corrected chi connectivity index (χ1v) is 7.86. The Morgan fingerprint density at radius 3 is 1.35 bits per heavy atom. The fraction of sp³-hybridized carbons (Fsp3) is 0.133. The van der Waals surface area contributed by atoms with Crippen LogP contribution in [0, 0.1) is 0 Å². The Labute approximate surface area is 159 Å². The van der Waals surface area contributed by atoms with Crippen LogP contribution in [0.25, 0.3) is 0 Å². The molecule has 2 rings (SSSR count). The van der Waals surface area contributed by atoms with Gasteiger partial charge in [0.15, 0.2) is 5.11 Å². The molecule has 0 saturated heterocycles. The first-order valence-electron chi connectivity index (χ1n) is 6.69. The maximum Gasteiger partial charge on any atom is 0.416 e. The normalized spacial score (nSPS) is 12.0. The summed E-state index contributed by atoms with van der Waals surface area (Å²) in [5, 5.41) is 4.51. The number of nitrogens with one attached hydrogen (secondary N) is 2. The molecule has 2 aromatic carbocycles. The van der Waals surface area contributed by atoms with Gasteiger partial charge in [-0.2, -0.15) is 26.3 Å². The van der Waals surface area contributed by atoms with Crippen LogP contribution in [-0.2, 0) is 12.4 Å². The van der Waals surface area contributed by atoms with Gasteiger partial charge in [0.2, 0.25) is 0 Å². The smallest absolute Gasteiger partial charge is 0.331 e. The van der Waals surface area contributed by atoms with Crippen LogP contribution in [-0.4, -0.2) is 5.11 Å². The molecule has 0 heterocycles.